The van der Waals surface area contributed by atoms with E-state index in [1.54, 1.807) is 12.1 Å². The van der Waals surface area contributed by atoms with Crippen molar-refractivity contribution in [2.45, 2.75) is 49.6 Å². The quantitative estimate of drug-likeness (QED) is 0.451. The predicted molar refractivity (Wildman–Crippen MR) is 91.0 cm³/mol. The van der Waals surface area contributed by atoms with E-state index in [9.17, 15) is 20.1 Å². The lowest BCUT2D eigenvalue weighted by Crippen LogP contribution is -2.60. The third kappa shape index (κ3) is 3.84. The summed E-state index contributed by atoms with van der Waals surface area (Å²) in [4.78, 5) is 11.0. The minimum Gasteiger partial charge on any atom is -0.496 e. The fourth-order valence-corrected chi connectivity index (χ4v) is 3.33. The molecular weight excluding hydrogens is 344 g/mol. The second-order valence-corrected chi connectivity index (χ2v) is 6.55. The van der Waals surface area contributed by atoms with Crippen molar-refractivity contribution in [1.29, 1.82) is 0 Å². The molecule has 8 heteroatoms. The van der Waals surface area contributed by atoms with Gasteiger partial charge in [0.05, 0.1) is 26.7 Å². The van der Waals surface area contributed by atoms with Crippen LogP contribution in [0, 0.1) is 0 Å². The van der Waals surface area contributed by atoms with Gasteiger partial charge in [0.1, 0.15) is 29.7 Å². The number of ether oxygens (including phenoxy) is 2. The summed E-state index contributed by atoms with van der Waals surface area (Å²) in [6.45, 7) is 1.06. The molecule has 0 aromatic heterocycles. The molecule has 0 amide bonds. The van der Waals surface area contributed by atoms with Crippen molar-refractivity contribution < 1.29 is 39.8 Å². The summed E-state index contributed by atoms with van der Waals surface area (Å²) < 4.78 is 10.6. The molecule has 5 atom stereocenters. The summed E-state index contributed by atoms with van der Waals surface area (Å²) in [5, 5.41) is 49.6. The van der Waals surface area contributed by atoms with Gasteiger partial charge in [-0.1, -0.05) is 19.1 Å². The Kier molecular flexibility index (Phi) is 6.59. The lowest BCUT2D eigenvalue weighted by molar-refractivity contribution is -0.245. The molecule has 26 heavy (non-hydrogen) atoms. The Labute approximate surface area is 151 Å². The Hall–Kier alpha value is -1.71. The maximum absolute atomic E-state index is 11.0. The third-order valence-electron chi connectivity index (χ3n) is 4.97. The number of carboxylic acids is 1. The number of carbonyl (C=O) groups is 1. The van der Waals surface area contributed by atoms with Crippen molar-refractivity contribution in [1.82, 2.24) is 0 Å². The van der Waals surface area contributed by atoms with Gasteiger partial charge in [-0.25, -0.2) is 0 Å². The molecule has 1 fully saturated rings. The van der Waals surface area contributed by atoms with E-state index in [0.29, 0.717) is 6.42 Å². The van der Waals surface area contributed by atoms with E-state index >= 15 is 0 Å². The van der Waals surface area contributed by atoms with Crippen LogP contribution in [0.25, 0.3) is 0 Å². The number of carboxylic acid groups (broad SMARTS) is 1. The minimum absolute atomic E-state index is 0.0358. The maximum atomic E-state index is 11.0. The standard InChI is InChI=1S/C18H26O8/c1-3-10(7-15(20)21)11-4-5-12(13(6-11)25-2)18(24)9-26-14(8-19)16(22)17(18)23/h4-6,10,14,16-17,19,22-24H,3,7-9H2,1-2H3,(H,20,21)/t10?,14-,16-,17+,18+/m1/s1. The number of rotatable bonds is 7. The molecule has 1 aromatic carbocycles. The molecule has 1 saturated heterocycles. The van der Waals surface area contributed by atoms with Gasteiger partial charge >= 0.3 is 5.97 Å². The maximum Gasteiger partial charge on any atom is 0.303 e. The molecule has 1 aliphatic heterocycles. The molecule has 0 aliphatic carbocycles. The van der Waals surface area contributed by atoms with E-state index in [1.807, 2.05) is 6.92 Å². The number of benzene rings is 1. The first-order valence-electron chi connectivity index (χ1n) is 8.49. The first-order chi connectivity index (χ1) is 12.3. The molecule has 146 valence electrons. The highest BCUT2D eigenvalue weighted by molar-refractivity contribution is 5.68. The van der Waals surface area contributed by atoms with Crippen molar-refractivity contribution >= 4 is 5.97 Å². The minimum atomic E-state index is -1.93. The number of hydrogen-bond acceptors (Lipinski definition) is 7. The summed E-state index contributed by atoms with van der Waals surface area (Å²) >= 11 is 0. The monoisotopic (exact) mass is 370 g/mol. The van der Waals surface area contributed by atoms with E-state index in [4.69, 9.17) is 19.7 Å². The molecule has 0 saturated carbocycles. The summed E-state index contributed by atoms with van der Waals surface area (Å²) in [6, 6.07) is 4.84. The third-order valence-corrected chi connectivity index (χ3v) is 4.97. The summed E-state index contributed by atoms with van der Waals surface area (Å²) in [7, 11) is 1.40. The van der Waals surface area contributed by atoms with Gasteiger partial charge in [-0.3, -0.25) is 4.79 Å². The van der Waals surface area contributed by atoms with E-state index in [1.165, 1.54) is 13.2 Å². The highest BCUT2D eigenvalue weighted by atomic mass is 16.5. The average molecular weight is 370 g/mol. The fraction of sp³-hybridized carbons (Fsp3) is 0.611. The van der Waals surface area contributed by atoms with Crippen LogP contribution in [0.1, 0.15) is 36.8 Å². The first-order valence-corrected chi connectivity index (χ1v) is 8.49. The molecule has 1 aromatic rings. The Morgan fingerprint density at radius 3 is 2.65 bits per heavy atom. The molecule has 1 unspecified atom stereocenters. The van der Waals surface area contributed by atoms with Crippen LogP contribution in [-0.2, 0) is 15.1 Å². The molecule has 8 nitrogen and oxygen atoms in total. The molecular formula is C18H26O8. The second-order valence-electron chi connectivity index (χ2n) is 6.55. The lowest BCUT2D eigenvalue weighted by Gasteiger charge is -2.43. The Bertz CT molecular complexity index is 634. The summed E-state index contributed by atoms with van der Waals surface area (Å²) in [6.07, 6.45) is -3.48. The van der Waals surface area contributed by atoms with Crippen LogP contribution in [0.3, 0.4) is 0 Å². The van der Waals surface area contributed by atoms with Gasteiger partial charge in [0.2, 0.25) is 0 Å². The Balaban J connectivity index is 2.39. The van der Waals surface area contributed by atoms with Gasteiger partial charge in [-0.2, -0.15) is 0 Å². The van der Waals surface area contributed by atoms with Gasteiger partial charge in [0, 0.05) is 5.56 Å². The fourth-order valence-electron chi connectivity index (χ4n) is 3.33. The van der Waals surface area contributed by atoms with Crippen molar-refractivity contribution in [3.05, 3.63) is 29.3 Å². The topological polar surface area (TPSA) is 137 Å². The van der Waals surface area contributed by atoms with Crippen LogP contribution in [0.4, 0.5) is 0 Å². The average Bonchev–Trinajstić information content (AvgIpc) is 2.63. The van der Waals surface area contributed by atoms with Crippen LogP contribution < -0.4 is 4.74 Å². The molecule has 0 bridgehead atoms. The zero-order valence-corrected chi connectivity index (χ0v) is 14.8. The van der Waals surface area contributed by atoms with Crippen molar-refractivity contribution in [2.75, 3.05) is 20.3 Å². The molecule has 1 heterocycles. The highest BCUT2D eigenvalue weighted by Gasteiger charge is 2.50. The number of methoxy groups -OCH3 is 1. The van der Waals surface area contributed by atoms with Crippen LogP contribution in [0.15, 0.2) is 18.2 Å². The van der Waals surface area contributed by atoms with Gasteiger partial charge < -0.3 is 35.0 Å². The number of hydrogen-bond donors (Lipinski definition) is 5. The first kappa shape index (κ1) is 20.6. The molecule has 2 rings (SSSR count). The molecule has 0 spiro atoms. The Morgan fingerprint density at radius 1 is 1.42 bits per heavy atom. The van der Waals surface area contributed by atoms with Crippen LogP contribution in [0.2, 0.25) is 0 Å². The van der Waals surface area contributed by atoms with Gasteiger partial charge in [0.15, 0.2) is 0 Å². The Morgan fingerprint density at radius 2 is 2.12 bits per heavy atom. The van der Waals surface area contributed by atoms with E-state index in [0.717, 1.165) is 5.56 Å². The van der Waals surface area contributed by atoms with Crippen molar-refractivity contribution in [3.8, 4) is 5.75 Å². The lowest BCUT2D eigenvalue weighted by atomic mass is 9.80. The van der Waals surface area contributed by atoms with E-state index < -0.39 is 36.5 Å². The molecule has 0 radical (unpaired) electrons. The highest BCUT2D eigenvalue weighted by Crippen LogP contribution is 2.40. The van der Waals surface area contributed by atoms with Gasteiger partial charge in [-0.05, 0) is 24.0 Å². The van der Waals surface area contributed by atoms with Crippen LogP contribution in [0.5, 0.6) is 5.75 Å². The smallest absolute Gasteiger partial charge is 0.303 e. The van der Waals surface area contributed by atoms with Gasteiger partial charge in [0.25, 0.3) is 0 Å². The zero-order valence-electron chi connectivity index (χ0n) is 14.8. The van der Waals surface area contributed by atoms with E-state index in [-0.39, 0.29) is 30.3 Å². The largest absolute Gasteiger partial charge is 0.496 e. The van der Waals surface area contributed by atoms with Gasteiger partial charge in [-0.15, -0.1) is 0 Å². The van der Waals surface area contributed by atoms with Crippen LogP contribution in [-0.4, -0.2) is 70.1 Å². The second kappa shape index (κ2) is 8.32. The normalized spacial score (nSPS) is 30.0. The number of aliphatic hydroxyl groups is 4. The SMILES string of the molecule is CCC(CC(=O)O)c1ccc([C@@]2(O)CO[C@H](CO)[C@@H](O)[C@@H]2O)c(OC)c1. The molecule has 5 N–H and O–H groups in total. The predicted octanol–water partition coefficient (Wildman–Crippen LogP) is -0.0360. The summed E-state index contributed by atoms with van der Waals surface area (Å²) in [5.41, 5.74) is -0.973. The zero-order chi connectivity index (χ0) is 19.5. The van der Waals surface area contributed by atoms with E-state index in [2.05, 4.69) is 0 Å². The summed E-state index contributed by atoms with van der Waals surface area (Å²) in [5.74, 6) is -0.874. The van der Waals surface area contributed by atoms with Crippen molar-refractivity contribution in [3.63, 3.8) is 0 Å². The molecule has 1 aliphatic rings. The van der Waals surface area contributed by atoms with Crippen molar-refractivity contribution in [2.24, 2.45) is 0 Å². The van der Waals surface area contributed by atoms with Crippen LogP contribution >= 0.6 is 0 Å². The number of aliphatic carboxylic acids is 1. The number of aliphatic hydroxyl groups excluding tert-OH is 3.